The van der Waals surface area contributed by atoms with Gasteiger partial charge < -0.3 is 5.32 Å². The average Bonchev–Trinajstić information content (AvgIpc) is 2.60. The van der Waals surface area contributed by atoms with Crippen LogP contribution in [0.25, 0.3) is 6.08 Å². The summed E-state index contributed by atoms with van der Waals surface area (Å²) in [6, 6.07) is 15.6. The minimum Gasteiger partial charge on any atom is -0.326 e. The van der Waals surface area contributed by atoms with Crippen LogP contribution in [0, 0.1) is 11.3 Å². The summed E-state index contributed by atoms with van der Waals surface area (Å²) in [5.74, 6) is -0.429. The summed E-state index contributed by atoms with van der Waals surface area (Å²) in [5.41, 5.74) is 2.58. The highest BCUT2D eigenvalue weighted by atomic mass is 16.2. The van der Waals surface area contributed by atoms with Crippen molar-refractivity contribution in [3.63, 3.8) is 0 Å². The van der Waals surface area contributed by atoms with E-state index in [1.807, 2.05) is 6.07 Å². The third-order valence-electron chi connectivity index (χ3n) is 3.80. The lowest BCUT2D eigenvalue weighted by Gasteiger charge is -2.29. The molecule has 0 aromatic heterocycles. The molecule has 2 aromatic rings. The minimum absolute atomic E-state index is 0.187. The largest absolute Gasteiger partial charge is 0.326 e. The molecule has 0 saturated carbocycles. The summed E-state index contributed by atoms with van der Waals surface area (Å²) in [5, 5.41) is 12.4. The van der Waals surface area contributed by atoms with E-state index in [0.717, 1.165) is 5.56 Å². The van der Waals surface area contributed by atoms with Gasteiger partial charge in [-0.1, -0.05) is 30.3 Å². The van der Waals surface area contributed by atoms with Gasteiger partial charge in [0.25, 0.3) is 5.91 Å². The number of hydrogen-bond acceptors (Lipinski definition) is 3. The fourth-order valence-electron chi connectivity index (χ4n) is 2.74. The maximum Gasteiger partial charge on any atom is 0.259 e. The number of carbonyl (C=O) groups is 2. The molecular formula is C19H15N3O2. The molecule has 3 rings (SSSR count). The standard InChI is InChI=1S/C19H15N3O2/c1-13(23)21-17-9-5-8-16-15(17)10-11-22(18(16)12-20)19(24)14-6-3-2-4-7-14/h2-11,18H,1H3,(H,21,23)/t18-/m1/s1. The molecule has 0 fully saturated rings. The maximum atomic E-state index is 12.7. The SMILES string of the molecule is CC(=O)Nc1cccc2c1C=CN(C(=O)c1ccccc1)[C@@H]2C#N. The predicted molar refractivity (Wildman–Crippen MR) is 90.7 cm³/mol. The van der Waals surface area contributed by atoms with Gasteiger partial charge in [0.1, 0.15) is 6.04 Å². The molecular weight excluding hydrogens is 302 g/mol. The molecule has 0 bridgehead atoms. The molecule has 1 aliphatic rings. The summed E-state index contributed by atoms with van der Waals surface area (Å²) in [6.07, 6.45) is 3.34. The number of rotatable bonds is 2. The van der Waals surface area contributed by atoms with Crippen molar-refractivity contribution in [1.82, 2.24) is 4.90 Å². The van der Waals surface area contributed by atoms with E-state index in [4.69, 9.17) is 0 Å². The Morgan fingerprint density at radius 1 is 1.12 bits per heavy atom. The molecule has 0 unspecified atom stereocenters. The molecule has 1 aliphatic heterocycles. The quantitative estimate of drug-likeness (QED) is 0.923. The Hall–Kier alpha value is -3.39. The van der Waals surface area contributed by atoms with Crippen LogP contribution in [-0.2, 0) is 4.79 Å². The molecule has 2 aromatic carbocycles. The number of amides is 2. The van der Waals surface area contributed by atoms with Crippen molar-refractivity contribution in [3.05, 3.63) is 71.4 Å². The highest BCUT2D eigenvalue weighted by Gasteiger charge is 2.29. The zero-order valence-corrected chi connectivity index (χ0v) is 13.1. The average molecular weight is 317 g/mol. The van der Waals surface area contributed by atoms with E-state index in [0.29, 0.717) is 16.8 Å². The summed E-state index contributed by atoms with van der Waals surface area (Å²) < 4.78 is 0. The van der Waals surface area contributed by atoms with Crippen LogP contribution in [0.5, 0.6) is 0 Å². The van der Waals surface area contributed by atoms with E-state index in [1.54, 1.807) is 54.7 Å². The van der Waals surface area contributed by atoms with Gasteiger partial charge in [0.2, 0.25) is 5.91 Å². The van der Waals surface area contributed by atoms with Crippen LogP contribution in [-0.4, -0.2) is 16.7 Å². The lowest BCUT2D eigenvalue weighted by Crippen LogP contribution is -2.32. The first kappa shape index (κ1) is 15.5. The highest BCUT2D eigenvalue weighted by molar-refractivity contribution is 5.97. The molecule has 1 N–H and O–H groups in total. The predicted octanol–water partition coefficient (Wildman–Crippen LogP) is 3.34. The van der Waals surface area contributed by atoms with Gasteiger partial charge >= 0.3 is 0 Å². The Morgan fingerprint density at radius 3 is 2.54 bits per heavy atom. The summed E-state index contributed by atoms with van der Waals surface area (Å²) in [4.78, 5) is 25.5. The molecule has 5 nitrogen and oxygen atoms in total. The number of benzene rings is 2. The van der Waals surface area contributed by atoms with E-state index in [1.165, 1.54) is 11.8 Å². The number of hydrogen-bond donors (Lipinski definition) is 1. The van der Waals surface area contributed by atoms with E-state index >= 15 is 0 Å². The van der Waals surface area contributed by atoms with E-state index < -0.39 is 6.04 Å². The van der Waals surface area contributed by atoms with Crippen molar-refractivity contribution < 1.29 is 9.59 Å². The Kier molecular flexibility index (Phi) is 4.13. The van der Waals surface area contributed by atoms with Gasteiger partial charge in [-0.3, -0.25) is 14.5 Å². The van der Waals surface area contributed by atoms with Crippen LogP contribution < -0.4 is 5.32 Å². The number of nitrogens with zero attached hydrogens (tertiary/aromatic N) is 2. The molecule has 2 amide bonds. The Labute approximate surface area is 139 Å². The lowest BCUT2D eigenvalue weighted by molar-refractivity contribution is -0.114. The topological polar surface area (TPSA) is 73.2 Å². The zero-order chi connectivity index (χ0) is 17.1. The molecule has 0 aliphatic carbocycles. The normalized spacial score (nSPS) is 15.3. The smallest absolute Gasteiger partial charge is 0.259 e. The van der Waals surface area contributed by atoms with Crippen LogP contribution in [0.1, 0.15) is 34.5 Å². The van der Waals surface area contributed by atoms with Gasteiger partial charge in [-0.15, -0.1) is 0 Å². The van der Waals surface area contributed by atoms with E-state index in [9.17, 15) is 14.9 Å². The molecule has 118 valence electrons. The molecule has 1 atom stereocenters. The highest BCUT2D eigenvalue weighted by Crippen LogP contribution is 2.35. The number of carbonyl (C=O) groups excluding carboxylic acids is 2. The number of nitrogens with one attached hydrogen (secondary N) is 1. The Morgan fingerprint density at radius 2 is 1.88 bits per heavy atom. The van der Waals surface area contributed by atoms with E-state index in [2.05, 4.69) is 11.4 Å². The third kappa shape index (κ3) is 2.77. The van der Waals surface area contributed by atoms with Crippen LogP contribution in [0.4, 0.5) is 5.69 Å². The minimum atomic E-state index is -0.744. The summed E-state index contributed by atoms with van der Waals surface area (Å²) in [6.45, 7) is 1.43. The monoisotopic (exact) mass is 317 g/mol. The maximum absolute atomic E-state index is 12.7. The molecule has 0 radical (unpaired) electrons. The molecule has 24 heavy (non-hydrogen) atoms. The zero-order valence-electron chi connectivity index (χ0n) is 13.1. The van der Waals surface area contributed by atoms with Gasteiger partial charge in [-0.05, 0) is 29.8 Å². The van der Waals surface area contributed by atoms with E-state index in [-0.39, 0.29) is 11.8 Å². The van der Waals surface area contributed by atoms with Crippen LogP contribution in [0.15, 0.2) is 54.7 Å². The molecule has 0 saturated heterocycles. The van der Waals surface area contributed by atoms with Gasteiger partial charge in [-0.2, -0.15) is 5.26 Å². The van der Waals surface area contributed by atoms with Gasteiger partial charge in [-0.25, -0.2) is 0 Å². The van der Waals surface area contributed by atoms with Gasteiger partial charge in [0, 0.05) is 29.9 Å². The summed E-state index contributed by atoms with van der Waals surface area (Å²) in [7, 11) is 0. The number of nitriles is 1. The van der Waals surface area contributed by atoms with Crippen molar-refractivity contribution in [2.24, 2.45) is 0 Å². The van der Waals surface area contributed by atoms with Crippen LogP contribution in [0.2, 0.25) is 0 Å². The Balaban J connectivity index is 2.01. The van der Waals surface area contributed by atoms with Crippen molar-refractivity contribution in [2.45, 2.75) is 13.0 Å². The number of anilines is 1. The van der Waals surface area contributed by atoms with Crippen molar-refractivity contribution in [2.75, 3.05) is 5.32 Å². The van der Waals surface area contributed by atoms with Gasteiger partial charge in [0.05, 0.1) is 6.07 Å². The molecule has 5 heteroatoms. The second kappa shape index (κ2) is 6.39. The van der Waals surface area contributed by atoms with Gasteiger partial charge in [0.15, 0.2) is 0 Å². The lowest BCUT2D eigenvalue weighted by atomic mass is 9.94. The number of fused-ring (bicyclic) bond motifs is 1. The second-order valence-corrected chi connectivity index (χ2v) is 5.42. The fourth-order valence-corrected chi connectivity index (χ4v) is 2.74. The molecule has 1 heterocycles. The van der Waals surface area contributed by atoms with Crippen molar-refractivity contribution >= 4 is 23.6 Å². The van der Waals surface area contributed by atoms with Crippen LogP contribution >= 0.6 is 0 Å². The molecule has 0 spiro atoms. The fraction of sp³-hybridized carbons (Fsp3) is 0.105. The van der Waals surface area contributed by atoms with Crippen molar-refractivity contribution in [3.8, 4) is 6.07 Å². The Bertz CT molecular complexity index is 866. The second-order valence-electron chi connectivity index (χ2n) is 5.42. The first-order valence-corrected chi connectivity index (χ1v) is 7.48. The summed E-state index contributed by atoms with van der Waals surface area (Å²) >= 11 is 0. The third-order valence-corrected chi connectivity index (χ3v) is 3.80. The first-order chi connectivity index (χ1) is 11.6. The first-order valence-electron chi connectivity index (χ1n) is 7.48. The van der Waals surface area contributed by atoms with Crippen LogP contribution in [0.3, 0.4) is 0 Å². The van der Waals surface area contributed by atoms with Crippen molar-refractivity contribution in [1.29, 1.82) is 5.26 Å².